The maximum absolute atomic E-state index is 12.4. The van der Waals surface area contributed by atoms with E-state index in [0.29, 0.717) is 11.7 Å². The van der Waals surface area contributed by atoms with E-state index in [1.54, 1.807) is 0 Å². The third-order valence-electron chi connectivity index (χ3n) is 5.89. The summed E-state index contributed by atoms with van der Waals surface area (Å²) >= 11 is 0. The summed E-state index contributed by atoms with van der Waals surface area (Å²) in [6.45, 7) is 13.7. The molecule has 17 heavy (non-hydrogen) atoms. The second-order valence-electron chi connectivity index (χ2n) is 7.14. The summed E-state index contributed by atoms with van der Waals surface area (Å²) in [5, 5.41) is 0. The molecule has 0 bridgehead atoms. The largest absolute Gasteiger partial charge is 0.299 e. The standard InChI is InChI=1S/C16H26O/c1-10-11(2)16(5,6)14-12(15(10,3)4)8-7-9-13(14)17/h12,14H,7-9H2,1-6H3/t12-,14+/m0/s1. The average molecular weight is 234 g/mol. The Morgan fingerprint density at radius 1 is 1.00 bits per heavy atom. The molecule has 0 aromatic carbocycles. The lowest BCUT2D eigenvalue weighted by Crippen LogP contribution is -2.50. The number of rotatable bonds is 0. The van der Waals surface area contributed by atoms with E-state index < -0.39 is 0 Å². The van der Waals surface area contributed by atoms with E-state index in [1.807, 2.05) is 0 Å². The summed E-state index contributed by atoms with van der Waals surface area (Å²) in [6.07, 6.45) is 3.11. The Bertz CT molecular complexity index is 384. The molecule has 1 nitrogen and oxygen atoms in total. The molecule has 2 aliphatic rings. The lowest BCUT2D eigenvalue weighted by molar-refractivity contribution is -0.134. The van der Waals surface area contributed by atoms with Gasteiger partial charge >= 0.3 is 0 Å². The summed E-state index contributed by atoms with van der Waals surface area (Å²) < 4.78 is 0. The Hall–Kier alpha value is -0.590. The van der Waals surface area contributed by atoms with E-state index in [0.717, 1.165) is 12.8 Å². The highest BCUT2D eigenvalue weighted by atomic mass is 16.1. The monoisotopic (exact) mass is 234 g/mol. The van der Waals surface area contributed by atoms with Gasteiger partial charge in [-0.3, -0.25) is 4.79 Å². The second-order valence-corrected chi connectivity index (χ2v) is 7.14. The lowest BCUT2D eigenvalue weighted by Gasteiger charge is -2.54. The van der Waals surface area contributed by atoms with Crippen LogP contribution < -0.4 is 0 Å². The van der Waals surface area contributed by atoms with Crippen molar-refractivity contribution in [1.82, 2.24) is 0 Å². The van der Waals surface area contributed by atoms with Crippen LogP contribution in [0, 0.1) is 22.7 Å². The molecule has 2 aliphatic carbocycles. The first-order valence-corrected chi connectivity index (χ1v) is 6.92. The first-order chi connectivity index (χ1) is 7.70. The topological polar surface area (TPSA) is 17.1 Å². The fourth-order valence-electron chi connectivity index (χ4n) is 4.20. The van der Waals surface area contributed by atoms with Crippen LogP contribution in [0.15, 0.2) is 11.1 Å². The van der Waals surface area contributed by atoms with Crippen LogP contribution >= 0.6 is 0 Å². The summed E-state index contributed by atoms with van der Waals surface area (Å²) in [4.78, 5) is 12.4. The van der Waals surface area contributed by atoms with Crippen LogP contribution in [0.1, 0.15) is 60.8 Å². The molecular weight excluding hydrogens is 208 g/mol. The molecule has 1 fully saturated rings. The minimum Gasteiger partial charge on any atom is -0.299 e. The second kappa shape index (κ2) is 3.70. The molecule has 0 unspecified atom stereocenters. The Labute approximate surface area is 106 Å². The number of carbonyl (C=O) groups is 1. The number of allylic oxidation sites excluding steroid dienone is 2. The number of Topliss-reactive ketones (excluding diaryl/α,β-unsaturated/α-hetero) is 1. The third kappa shape index (κ3) is 1.62. The van der Waals surface area contributed by atoms with Crippen molar-refractivity contribution in [1.29, 1.82) is 0 Å². The van der Waals surface area contributed by atoms with Gasteiger partial charge < -0.3 is 0 Å². The van der Waals surface area contributed by atoms with Crippen molar-refractivity contribution in [2.75, 3.05) is 0 Å². The van der Waals surface area contributed by atoms with Crippen LogP contribution in [0.3, 0.4) is 0 Å². The molecule has 0 heterocycles. The molecule has 1 heteroatoms. The van der Waals surface area contributed by atoms with Crippen molar-refractivity contribution < 1.29 is 4.79 Å². The highest BCUT2D eigenvalue weighted by Crippen LogP contribution is 2.58. The molecule has 0 aliphatic heterocycles. The molecule has 0 aromatic heterocycles. The van der Waals surface area contributed by atoms with E-state index in [9.17, 15) is 4.79 Å². The van der Waals surface area contributed by atoms with Crippen LogP contribution in [0.5, 0.6) is 0 Å². The zero-order valence-corrected chi connectivity index (χ0v) is 12.2. The Morgan fingerprint density at radius 2 is 1.53 bits per heavy atom. The Balaban J connectivity index is 2.59. The van der Waals surface area contributed by atoms with Gasteiger partial charge in [0, 0.05) is 12.3 Å². The van der Waals surface area contributed by atoms with E-state index in [4.69, 9.17) is 0 Å². The number of carbonyl (C=O) groups excluding carboxylic acids is 1. The van der Waals surface area contributed by atoms with Gasteiger partial charge in [-0.1, -0.05) is 38.8 Å². The maximum atomic E-state index is 12.4. The van der Waals surface area contributed by atoms with Crippen molar-refractivity contribution in [3.05, 3.63) is 11.1 Å². The zero-order valence-electron chi connectivity index (χ0n) is 12.2. The van der Waals surface area contributed by atoms with Gasteiger partial charge in [-0.05, 0) is 43.4 Å². The number of ketones is 1. The highest BCUT2D eigenvalue weighted by molar-refractivity contribution is 5.84. The SMILES string of the molecule is CC1=C(C)C(C)(C)[C@H]2C(=O)CCC[C@@H]2C1(C)C. The molecule has 2 rings (SSSR count). The summed E-state index contributed by atoms with van der Waals surface area (Å²) in [5.74, 6) is 1.29. The predicted octanol–water partition coefficient (Wildman–Crippen LogP) is 4.37. The minimum absolute atomic E-state index is 0.0573. The predicted molar refractivity (Wildman–Crippen MR) is 71.8 cm³/mol. The van der Waals surface area contributed by atoms with E-state index >= 15 is 0 Å². The summed E-state index contributed by atoms with van der Waals surface area (Å²) in [7, 11) is 0. The lowest BCUT2D eigenvalue weighted by atomic mass is 9.49. The average Bonchev–Trinajstić information content (AvgIpc) is 2.24. The van der Waals surface area contributed by atoms with Gasteiger partial charge in [0.05, 0.1) is 0 Å². The molecule has 0 saturated heterocycles. The smallest absolute Gasteiger partial charge is 0.137 e. The highest BCUT2D eigenvalue weighted by Gasteiger charge is 2.53. The van der Waals surface area contributed by atoms with Gasteiger partial charge in [-0.25, -0.2) is 0 Å². The van der Waals surface area contributed by atoms with E-state index in [2.05, 4.69) is 41.5 Å². The maximum Gasteiger partial charge on any atom is 0.137 e. The molecule has 0 N–H and O–H groups in total. The molecule has 0 aromatic rings. The number of hydrogen-bond acceptors (Lipinski definition) is 1. The van der Waals surface area contributed by atoms with E-state index in [1.165, 1.54) is 17.6 Å². The molecule has 0 radical (unpaired) electrons. The van der Waals surface area contributed by atoms with Gasteiger partial charge in [0.1, 0.15) is 5.78 Å². The Kier molecular flexibility index (Phi) is 2.80. The number of fused-ring (bicyclic) bond motifs is 1. The molecule has 96 valence electrons. The first-order valence-electron chi connectivity index (χ1n) is 6.92. The van der Waals surface area contributed by atoms with E-state index in [-0.39, 0.29) is 16.7 Å². The van der Waals surface area contributed by atoms with Crippen LogP contribution in [0.25, 0.3) is 0 Å². The normalized spacial score (nSPS) is 35.8. The fourth-order valence-corrected chi connectivity index (χ4v) is 4.20. The molecule has 1 saturated carbocycles. The van der Waals surface area contributed by atoms with Crippen molar-refractivity contribution in [3.63, 3.8) is 0 Å². The van der Waals surface area contributed by atoms with Crippen LogP contribution in [0.4, 0.5) is 0 Å². The van der Waals surface area contributed by atoms with Gasteiger partial charge in [-0.15, -0.1) is 0 Å². The molecule has 0 spiro atoms. The molecular formula is C16H26O. The fraction of sp³-hybridized carbons (Fsp3) is 0.812. The number of hydrogen-bond donors (Lipinski definition) is 0. The minimum atomic E-state index is 0.0573. The quantitative estimate of drug-likeness (QED) is 0.569. The van der Waals surface area contributed by atoms with Crippen molar-refractivity contribution in [2.45, 2.75) is 60.8 Å². The van der Waals surface area contributed by atoms with Gasteiger partial charge in [0.25, 0.3) is 0 Å². The summed E-state index contributed by atoms with van der Waals surface area (Å²) in [5.41, 5.74) is 3.21. The molecule has 2 atom stereocenters. The zero-order chi connectivity index (χ0) is 13.0. The summed E-state index contributed by atoms with van der Waals surface area (Å²) in [6, 6.07) is 0. The van der Waals surface area contributed by atoms with Crippen LogP contribution in [-0.4, -0.2) is 5.78 Å². The van der Waals surface area contributed by atoms with Gasteiger partial charge in [0.2, 0.25) is 0 Å². The molecule has 0 amide bonds. The van der Waals surface area contributed by atoms with Crippen molar-refractivity contribution >= 4 is 5.78 Å². The van der Waals surface area contributed by atoms with Gasteiger partial charge in [0.15, 0.2) is 0 Å². The van der Waals surface area contributed by atoms with Crippen molar-refractivity contribution in [3.8, 4) is 0 Å². The first kappa shape index (κ1) is 12.9. The van der Waals surface area contributed by atoms with Crippen molar-refractivity contribution in [2.24, 2.45) is 22.7 Å². The third-order valence-corrected chi connectivity index (χ3v) is 5.89. The Morgan fingerprint density at radius 3 is 2.12 bits per heavy atom. The van der Waals surface area contributed by atoms with Crippen LogP contribution in [-0.2, 0) is 4.79 Å². The van der Waals surface area contributed by atoms with Gasteiger partial charge in [-0.2, -0.15) is 0 Å². The van der Waals surface area contributed by atoms with Crippen LogP contribution in [0.2, 0.25) is 0 Å².